The SMILES string of the molecule is O=c1c2ccc(Br)cc2ccn1CCP(=O)(O)O. The fraction of sp³-hybridized carbons (Fsp3) is 0.182. The second-order valence-corrected chi connectivity index (χ2v) is 6.63. The third kappa shape index (κ3) is 3.09. The number of benzene rings is 1. The Bertz CT molecular complexity index is 691. The van der Waals surface area contributed by atoms with Crippen LogP contribution in [-0.2, 0) is 11.1 Å². The maximum atomic E-state index is 12.1. The van der Waals surface area contributed by atoms with Crippen molar-refractivity contribution in [2.24, 2.45) is 0 Å². The van der Waals surface area contributed by atoms with Crippen molar-refractivity contribution in [2.45, 2.75) is 6.54 Å². The number of rotatable bonds is 3. The Morgan fingerprint density at radius 1 is 1.28 bits per heavy atom. The summed E-state index contributed by atoms with van der Waals surface area (Å²) in [7, 11) is -4.09. The minimum absolute atomic E-state index is 0.00904. The number of fused-ring (bicyclic) bond motifs is 1. The van der Waals surface area contributed by atoms with Crippen molar-refractivity contribution in [2.75, 3.05) is 6.16 Å². The van der Waals surface area contributed by atoms with E-state index in [0.717, 1.165) is 9.86 Å². The van der Waals surface area contributed by atoms with Crippen LogP contribution in [0.1, 0.15) is 0 Å². The molecule has 0 fully saturated rings. The minimum Gasteiger partial charge on any atom is -0.324 e. The summed E-state index contributed by atoms with van der Waals surface area (Å²) in [6.45, 7) is 0.00904. The molecule has 0 aliphatic rings. The zero-order valence-electron chi connectivity index (χ0n) is 9.28. The molecule has 2 N–H and O–H groups in total. The lowest BCUT2D eigenvalue weighted by atomic mass is 10.2. The fourth-order valence-electron chi connectivity index (χ4n) is 1.67. The van der Waals surface area contributed by atoms with E-state index in [9.17, 15) is 9.36 Å². The molecule has 0 spiro atoms. The molecule has 96 valence electrons. The third-order valence-electron chi connectivity index (χ3n) is 2.57. The highest BCUT2D eigenvalue weighted by Crippen LogP contribution is 2.33. The van der Waals surface area contributed by atoms with Crippen LogP contribution in [0, 0.1) is 0 Å². The van der Waals surface area contributed by atoms with E-state index in [-0.39, 0.29) is 18.3 Å². The molecule has 1 aromatic carbocycles. The van der Waals surface area contributed by atoms with Gasteiger partial charge in [-0.05, 0) is 29.7 Å². The topological polar surface area (TPSA) is 79.5 Å². The van der Waals surface area contributed by atoms with Crippen molar-refractivity contribution >= 4 is 34.3 Å². The van der Waals surface area contributed by atoms with Gasteiger partial charge in [-0.1, -0.05) is 15.9 Å². The lowest BCUT2D eigenvalue weighted by Crippen LogP contribution is -2.21. The van der Waals surface area contributed by atoms with Gasteiger partial charge in [0.1, 0.15) is 0 Å². The van der Waals surface area contributed by atoms with E-state index < -0.39 is 7.60 Å². The van der Waals surface area contributed by atoms with Crippen LogP contribution in [0.15, 0.2) is 39.7 Å². The quantitative estimate of drug-likeness (QED) is 0.842. The predicted octanol–water partition coefficient (Wildman–Crippen LogP) is 1.94. The molecule has 7 heteroatoms. The van der Waals surface area contributed by atoms with Gasteiger partial charge in [0.15, 0.2) is 0 Å². The first-order chi connectivity index (χ1) is 8.37. The molecule has 1 heterocycles. The van der Waals surface area contributed by atoms with Crippen LogP contribution in [0.5, 0.6) is 0 Å². The highest BCUT2D eigenvalue weighted by molar-refractivity contribution is 9.10. The molecule has 2 aromatic rings. The van der Waals surface area contributed by atoms with Crippen molar-refractivity contribution in [3.05, 3.63) is 45.3 Å². The summed E-state index contributed by atoms with van der Waals surface area (Å²) in [5.74, 6) is 0. The van der Waals surface area contributed by atoms with Crippen molar-refractivity contribution in [1.82, 2.24) is 4.57 Å². The van der Waals surface area contributed by atoms with E-state index in [1.54, 1.807) is 24.4 Å². The van der Waals surface area contributed by atoms with Crippen LogP contribution in [0.25, 0.3) is 10.8 Å². The Morgan fingerprint density at radius 2 is 2.00 bits per heavy atom. The summed E-state index contributed by atoms with van der Waals surface area (Å²) in [5.41, 5.74) is -0.242. The van der Waals surface area contributed by atoms with Gasteiger partial charge < -0.3 is 14.4 Å². The van der Waals surface area contributed by atoms with Crippen molar-refractivity contribution in [1.29, 1.82) is 0 Å². The molecule has 0 saturated carbocycles. The third-order valence-corrected chi connectivity index (χ3v) is 3.85. The molecule has 0 radical (unpaired) electrons. The molecule has 1 aromatic heterocycles. The molecule has 2 rings (SSSR count). The number of aryl methyl sites for hydroxylation is 1. The molecule has 0 aliphatic carbocycles. The van der Waals surface area contributed by atoms with E-state index in [0.29, 0.717) is 5.39 Å². The minimum atomic E-state index is -4.09. The standard InChI is InChI=1S/C11H11BrNO4P/c12-9-1-2-10-8(7-9)3-4-13(11(10)14)5-6-18(15,16)17/h1-4,7H,5-6H2,(H2,15,16,17). The molecule has 0 unspecified atom stereocenters. The van der Waals surface area contributed by atoms with Crippen molar-refractivity contribution in [3.63, 3.8) is 0 Å². The van der Waals surface area contributed by atoms with Crippen LogP contribution in [0.3, 0.4) is 0 Å². The summed E-state index contributed by atoms with van der Waals surface area (Å²) in [4.78, 5) is 29.7. The van der Waals surface area contributed by atoms with Gasteiger partial charge in [-0.2, -0.15) is 0 Å². The number of halogens is 1. The van der Waals surface area contributed by atoms with Gasteiger partial charge in [0.25, 0.3) is 5.56 Å². The average molecular weight is 332 g/mol. The molecular weight excluding hydrogens is 321 g/mol. The summed E-state index contributed by atoms with van der Waals surface area (Å²) in [5, 5.41) is 1.33. The number of nitrogens with zero attached hydrogens (tertiary/aromatic N) is 1. The van der Waals surface area contributed by atoms with Gasteiger partial charge in [-0.15, -0.1) is 0 Å². The van der Waals surface area contributed by atoms with Gasteiger partial charge in [0, 0.05) is 22.6 Å². The maximum absolute atomic E-state index is 12.1. The first kappa shape index (κ1) is 13.5. The Hall–Kier alpha value is -0.940. The Balaban J connectivity index is 2.43. The smallest absolute Gasteiger partial charge is 0.324 e. The van der Waals surface area contributed by atoms with E-state index in [2.05, 4.69) is 15.9 Å². The zero-order valence-corrected chi connectivity index (χ0v) is 11.8. The van der Waals surface area contributed by atoms with Gasteiger partial charge in [-0.3, -0.25) is 9.36 Å². The Labute approximate surface area is 111 Å². The molecule has 5 nitrogen and oxygen atoms in total. The highest BCUT2D eigenvalue weighted by atomic mass is 79.9. The number of hydrogen-bond donors (Lipinski definition) is 2. The summed E-state index contributed by atoms with van der Waals surface area (Å²) in [6.07, 6.45) is 1.21. The second kappa shape index (κ2) is 4.97. The van der Waals surface area contributed by atoms with E-state index in [1.165, 1.54) is 4.57 Å². The molecule has 0 saturated heterocycles. The Morgan fingerprint density at radius 3 is 2.67 bits per heavy atom. The first-order valence-corrected chi connectivity index (χ1v) is 7.79. The largest absolute Gasteiger partial charge is 0.327 e. The lowest BCUT2D eigenvalue weighted by Gasteiger charge is -2.08. The monoisotopic (exact) mass is 331 g/mol. The second-order valence-electron chi connectivity index (χ2n) is 3.93. The van der Waals surface area contributed by atoms with Gasteiger partial charge >= 0.3 is 7.60 Å². The summed E-state index contributed by atoms with van der Waals surface area (Å²) >= 11 is 3.32. The van der Waals surface area contributed by atoms with Crippen LogP contribution in [-0.4, -0.2) is 20.5 Å². The van der Waals surface area contributed by atoms with Crippen LogP contribution in [0.4, 0.5) is 0 Å². The lowest BCUT2D eigenvalue weighted by molar-refractivity contribution is 0.369. The van der Waals surface area contributed by atoms with Crippen LogP contribution < -0.4 is 5.56 Å². The van der Waals surface area contributed by atoms with Gasteiger partial charge in [0.05, 0.1) is 6.16 Å². The predicted molar refractivity (Wildman–Crippen MR) is 72.8 cm³/mol. The molecule has 0 bridgehead atoms. The molecule has 0 aliphatic heterocycles. The van der Waals surface area contributed by atoms with E-state index in [4.69, 9.17) is 9.79 Å². The number of hydrogen-bond acceptors (Lipinski definition) is 2. The molecule has 18 heavy (non-hydrogen) atoms. The van der Waals surface area contributed by atoms with Gasteiger partial charge in [0.2, 0.25) is 0 Å². The Kier molecular flexibility index (Phi) is 3.73. The highest BCUT2D eigenvalue weighted by Gasteiger charge is 2.13. The number of pyridine rings is 1. The van der Waals surface area contributed by atoms with E-state index >= 15 is 0 Å². The first-order valence-electron chi connectivity index (χ1n) is 5.20. The summed E-state index contributed by atoms with van der Waals surface area (Å²) < 4.78 is 13.0. The molecule has 0 amide bonds. The molecule has 0 atom stereocenters. The van der Waals surface area contributed by atoms with Crippen LogP contribution >= 0.6 is 23.5 Å². The normalized spacial score (nSPS) is 11.9. The fourth-order valence-corrected chi connectivity index (χ4v) is 2.53. The van der Waals surface area contributed by atoms with Gasteiger partial charge in [-0.25, -0.2) is 0 Å². The summed E-state index contributed by atoms with van der Waals surface area (Å²) in [6, 6.07) is 7.03. The number of aromatic nitrogens is 1. The maximum Gasteiger partial charge on any atom is 0.327 e. The van der Waals surface area contributed by atoms with E-state index in [1.807, 2.05) is 6.07 Å². The van der Waals surface area contributed by atoms with Crippen LogP contribution in [0.2, 0.25) is 0 Å². The zero-order chi connectivity index (χ0) is 13.3. The van der Waals surface area contributed by atoms with Crippen molar-refractivity contribution < 1.29 is 14.4 Å². The molecular formula is C11H11BrNO4P. The average Bonchev–Trinajstić information content (AvgIpc) is 2.26. The van der Waals surface area contributed by atoms with Crippen molar-refractivity contribution in [3.8, 4) is 0 Å².